The van der Waals surface area contributed by atoms with Gasteiger partial charge in [-0.2, -0.15) is 0 Å². The number of hydrogen-bond acceptors (Lipinski definition) is 4. The van der Waals surface area contributed by atoms with Gasteiger partial charge >= 0.3 is 0 Å². The Balaban J connectivity index is 1.56. The molecule has 0 N–H and O–H groups in total. The summed E-state index contributed by atoms with van der Waals surface area (Å²) in [5.74, 6) is 1.76. The average Bonchev–Trinajstić information content (AvgIpc) is 2.78. The number of carbonyl (C=O) groups is 1. The zero-order valence-corrected chi connectivity index (χ0v) is 19.0. The first-order valence-electron chi connectivity index (χ1n) is 10.7. The van der Waals surface area contributed by atoms with Crippen LogP contribution in [0, 0.1) is 13.8 Å². The van der Waals surface area contributed by atoms with E-state index in [0.717, 1.165) is 42.4 Å². The van der Waals surface area contributed by atoms with Crippen LogP contribution < -0.4 is 4.90 Å². The van der Waals surface area contributed by atoms with Crippen molar-refractivity contribution < 1.29 is 4.79 Å². The first-order chi connectivity index (χ1) is 15.0. The molecule has 1 aliphatic rings. The van der Waals surface area contributed by atoms with Gasteiger partial charge in [0.05, 0.1) is 0 Å². The lowest BCUT2D eigenvalue weighted by molar-refractivity contribution is 0.0746. The molecular weight excluding hydrogens is 408 g/mol. The van der Waals surface area contributed by atoms with Crippen LogP contribution in [0.2, 0.25) is 5.02 Å². The molecule has 0 unspecified atom stereocenters. The van der Waals surface area contributed by atoms with E-state index >= 15 is 0 Å². The van der Waals surface area contributed by atoms with Gasteiger partial charge in [-0.05, 0) is 38.5 Å². The number of amides is 1. The Morgan fingerprint density at radius 3 is 2.35 bits per heavy atom. The number of anilines is 1. The Morgan fingerprint density at radius 2 is 1.71 bits per heavy atom. The number of aryl methyl sites for hydroxylation is 2. The Hall–Kier alpha value is -2.92. The van der Waals surface area contributed by atoms with Crippen molar-refractivity contribution in [2.75, 3.05) is 31.1 Å². The third kappa shape index (κ3) is 4.57. The number of aromatic nitrogens is 2. The summed E-state index contributed by atoms with van der Waals surface area (Å²) in [4.78, 5) is 26.8. The Bertz CT molecular complexity index is 1090. The fraction of sp³-hybridized carbons (Fsp3) is 0.320. The molecule has 2 aromatic carbocycles. The van der Waals surface area contributed by atoms with Crippen LogP contribution in [0.25, 0.3) is 11.4 Å². The second-order valence-corrected chi connectivity index (χ2v) is 8.38. The van der Waals surface area contributed by atoms with Crippen LogP contribution in [0.15, 0.2) is 48.5 Å². The van der Waals surface area contributed by atoms with Crippen molar-refractivity contribution in [1.29, 1.82) is 0 Å². The van der Waals surface area contributed by atoms with Gasteiger partial charge in [-0.15, -0.1) is 0 Å². The SMILES string of the molecule is CCc1c(C)nc(-c2ccc(C)cc2)nc1N1CCN(C(=O)c2cccc(Cl)c2)CC1. The topological polar surface area (TPSA) is 49.3 Å². The minimum absolute atomic E-state index is 0.0251. The molecule has 1 fully saturated rings. The lowest BCUT2D eigenvalue weighted by Crippen LogP contribution is -2.49. The van der Waals surface area contributed by atoms with Crippen LogP contribution in [-0.2, 0) is 6.42 Å². The number of hydrogen-bond donors (Lipinski definition) is 0. The molecule has 1 aromatic heterocycles. The Labute approximate surface area is 188 Å². The van der Waals surface area contributed by atoms with E-state index in [1.165, 1.54) is 11.1 Å². The van der Waals surface area contributed by atoms with E-state index in [9.17, 15) is 4.79 Å². The number of nitrogens with zero attached hydrogens (tertiary/aromatic N) is 4. The van der Waals surface area contributed by atoms with Gasteiger partial charge in [-0.1, -0.05) is 54.4 Å². The van der Waals surface area contributed by atoms with Crippen LogP contribution >= 0.6 is 11.6 Å². The van der Waals surface area contributed by atoms with Crippen molar-refractivity contribution in [3.8, 4) is 11.4 Å². The highest BCUT2D eigenvalue weighted by Gasteiger charge is 2.25. The molecule has 4 rings (SSSR count). The lowest BCUT2D eigenvalue weighted by Gasteiger charge is -2.36. The standard InChI is InChI=1S/C25H27ClN4O/c1-4-22-18(3)27-23(19-10-8-17(2)9-11-19)28-24(22)29-12-14-30(15-13-29)25(31)20-6-5-7-21(26)16-20/h5-11,16H,4,12-15H2,1-3H3. The largest absolute Gasteiger partial charge is 0.353 e. The Kier molecular flexibility index (Phi) is 6.23. The summed E-state index contributed by atoms with van der Waals surface area (Å²) in [5.41, 5.74) is 5.06. The molecule has 0 radical (unpaired) electrons. The Morgan fingerprint density at radius 1 is 1.00 bits per heavy atom. The maximum absolute atomic E-state index is 12.9. The highest BCUT2D eigenvalue weighted by atomic mass is 35.5. The van der Waals surface area contributed by atoms with Gasteiger partial charge in [0.2, 0.25) is 0 Å². The van der Waals surface area contributed by atoms with Crippen molar-refractivity contribution in [2.24, 2.45) is 0 Å². The fourth-order valence-corrected chi connectivity index (χ4v) is 4.20. The summed E-state index contributed by atoms with van der Waals surface area (Å²) in [6, 6.07) is 15.5. The molecule has 3 aromatic rings. The molecular formula is C25H27ClN4O. The van der Waals surface area contributed by atoms with E-state index < -0.39 is 0 Å². The molecule has 1 amide bonds. The van der Waals surface area contributed by atoms with Gasteiger partial charge in [0.25, 0.3) is 5.91 Å². The van der Waals surface area contributed by atoms with Crippen LogP contribution in [0.5, 0.6) is 0 Å². The van der Waals surface area contributed by atoms with Gasteiger partial charge in [0.1, 0.15) is 5.82 Å². The normalized spacial score (nSPS) is 14.1. The van der Waals surface area contributed by atoms with Crippen LogP contribution in [-0.4, -0.2) is 47.0 Å². The summed E-state index contributed by atoms with van der Waals surface area (Å²) in [7, 11) is 0. The van der Waals surface area contributed by atoms with Gasteiger partial charge in [0, 0.05) is 53.6 Å². The molecule has 1 saturated heterocycles. The molecule has 0 saturated carbocycles. The zero-order chi connectivity index (χ0) is 22.0. The highest BCUT2D eigenvalue weighted by molar-refractivity contribution is 6.30. The van der Waals surface area contributed by atoms with E-state index in [0.29, 0.717) is 23.7 Å². The first-order valence-corrected chi connectivity index (χ1v) is 11.1. The number of benzene rings is 2. The average molecular weight is 435 g/mol. The molecule has 0 bridgehead atoms. The van der Waals surface area contributed by atoms with Crippen molar-refractivity contribution in [1.82, 2.24) is 14.9 Å². The van der Waals surface area contributed by atoms with Crippen molar-refractivity contribution >= 4 is 23.3 Å². The monoisotopic (exact) mass is 434 g/mol. The first kappa shape index (κ1) is 21.3. The van der Waals surface area contributed by atoms with Crippen LogP contribution in [0.3, 0.4) is 0 Å². The molecule has 1 aliphatic heterocycles. The highest BCUT2D eigenvalue weighted by Crippen LogP contribution is 2.27. The van der Waals surface area contributed by atoms with E-state index in [1.54, 1.807) is 12.1 Å². The number of carbonyl (C=O) groups excluding carboxylic acids is 1. The van der Waals surface area contributed by atoms with Crippen LogP contribution in [0.1, 0.15) is 34.1 Å². The fourth-order valence-electron chi connectivity index (χ4n) is 4.01. The maximum Gasteiger partial charge on any atom is 0.254 e. The zero-order valence-electron chi connectivity index (χ0n) is 18.2. The molecule has 0 spiro atoms. The van der Waals surface area contributed by atoms with E-state index in [4.69, 9.17) is 21.6 Å². The molecule has 160 valence electrons. The maximum atomic E-state index is 12.9. The quantitative estimate of drug-likeness (QED) is 0.583. The smallest absolute Gasteiger partial charge is 0.254 e. The number of rotatable bonds is 4. The van der Waals surface area contributed by atoms with Gasteiger partial charge in [-0.3, -0.25) is 4.79 Å². The third-order valence-corrected chi connectivity index (χ3v) is 6.03. The summed E-state index contributed by atoms with van der Waals surface area (Å²) in [6.45, 7) is 9.05. The van der Waals surface area contributed by atoms with E-state index in [1.807, 2.05) is 17.0 Å². The van der Waals surface area contributed by atoms with Gasteiger partial charge < -0.3 is 9.80 Å². The molecule has 2 heterocycles. The van der Waals surface area contributed by atoms with E-state index in [-0.39, 0.29) is 5.91 Å². The number of piperazine rings is 1. The molecule has 0 atom stereocenters. The summed E-state index contributed by atoms with van der Waals surface area (Å²) < 4.78 is 0. The minimum Gasteiger partial charge on any atom is -0.353 e. The second kappa shape index (κ2) is 9.06. The van der Waals surface area contributed by atoms with Crippen molar-refractivity contribution in [2.45, 2.75) is 27.2 Å². The number of halogens is 1. The third-order valence-electron chi connectivity index (χ3n) is 5.79. The van der Waals surface area contributed by atoms with Gasteiger partial charge in [-0.25, -0.2) is 9.97 Å². The molecule has 31 heavy (non-hydrogen) atoms. The molecule has 0 aliphatic carbocycles. The summed E-state index contributed by atoms with van der Waals surface area (Å²) in [5, 5.41) is 0.581. The molecule has 6 heteroatoms. The lowest BCUT2D eigenvalue weighted by atomic mass is 10.1. The predicted octanol–water partition coefficient (Wildman–Crippen LogP) is 4.94. The second-order valence-electron chi connectivity index (χ2n) is 7.94. The van der Waals surface area contributed by atoms with Gasteiger partial charge in [0.15, 0.2) is 5.82 Å². The predicted molar refractivity (Wildman–Crippen MR) is 126 cm³/mol. The van der Waals surface area contributed by atoms with Crippen molar-refractivity contribution in [3.05, 3.63) is 75.9 Å². The van der Waals surface area contributed by atoms with Crippen molar-refractivity contribution in [3.63, 3.8) is 0 Å². The summed E-state index contributed by atoms with van der Waals surface area (Å²) >= 11 is 6.06. The summed E-state index contributed by atoms with van der Waals surface area (Å²) in [6.07, 6.45) is 0.872. The van der Waals surface area contributed by atoms with Crippen LogP contribution in [0.4, 0.5) is 5.82 Å². The molecule has 5 nitrogen and oxygen atoms in total. The minimum atomic E-state index is 0.0251. The van der Waals surface area contributed by atoms with E-state index in [2.05, 4.69) is 49.9 Å².